The minimum Gasteiger partial charge on any atom is -0.354 e. The summed E-state index contributed by atoms with van der Waals surface area (Å²) < 4.78 is 5.46. The second kappa shape index (κ2) is 10.0. The number of urea groups is 1. The molecule has 3 amide bonds. The standard InChI is InChI=1S/C21H29N5O3/c1-3-15(2)23-18(27)9-12-22-21(28)26-13-10-17(11-14-26)20-24-19(25-29-20)16-7-5-4-6-8-16/h4-8,15,17H,3,9-14H2,1-2H3,(H,22,28)(H,23,27). The normalized spacial score (nSPS) is 15.7. The maximum atomic E-state index is 12.3. The quantitative estimate of drug-likeness (QED) is 0.746. The van der Waals surface area contributed by atoms with Crippen LogP contribution in [0.2, 0.25) is 0 Å². The predicted molar refractivity (Wildman–Crippen MR) is 109 cm³/mol. The summed E-state index contributed by atoms with van der Waals surface area (Å²) in [7, 11) is 0. The highest BCUT2D eigenvalue weighted by atomic mass is 16.5. The first-order valence-electron chi connectivity index (χ1n) is 10.3. The number of amides is 3. The van der Waals surface area contributed by atoms with E-state index in [0.717, 1.165) is 24.8 Å². The van der Waals surface area contributed by atoms with Crippen molar-refractivity contribution in [2.24, 2.45) is 0 Å². The molecule has 1 aliphatic heterocycles. The molecule has 1 unspecified atom stereocenters. The first kappa shape index (κ1) is 20.8. The van der Waals surface area contributed by atoms with Crippen molar-refractivity contribution in [2.45, 2.75) is 51.5 Å². The van der Waals surface area contributed by atoms with E-state index in [1.54, 1.807) is 4.90 Å². The average molecular weight is 399 g/mol. The number of carbonyl (C=O) groups is 2. The molecule has 1 fully saturated rings. The van der Waals surface area contributed by atoms with E-state index in [2.05, 4.69) is 20.8 Å². The summed E-state index contributed by atoms with van der Waals surface area (Å²) in [5, 5.41) is 9.81. The van der Waals surface area contributed by atoms with Gasteiger partial charge in [-0.15, -0.1) is 0 Å². The zero-order valence-electron chi connectivity index (χ0n) is 17.1. The Morgan fingerprint density at radius 1 is 1.24 bits per heavy atom. The van der Waals surface area contributed by atoms with Crippen LogP contribution >= 0.6 is 0 Å². The number of rotatable bonds is 7. The fourth-order valence-corrected chi connectivity index (χ4v) is 3.28. The fraction of sp³-hybridized carbons (Fsp3) is 0.524. The number of piperidine rings is 1. The summed E-state index contributed by atoms with van der Waals surface area (Å²) in [6.07, 6.45) is 2.73. The number of nitrogens with zero attached hydrogens (tertiary/aromatic N) is 3. The average Bonchev–Trinajstić information content (AvgIpc) is 3.24. The monoisotopic (exact) mass is 399 g/mol. The van der Waals surface area contributed by atoms with Gasteiger partial charge < -0.3 is 20.1 Å². The Kier molecular flexibility index (Phi) is 7.21. The van der Waals surface area contributed by atoms with Gasteiger partial charge in [0.25, 0.3) is 0 Å². The van der Waals surface area contributed by atoms with E-state index < -0.39 is 0 Å². The van der Waals surface area contributed by atoms with E-state index >= 15 is 0 Å². The molecule has 8 heteroatoms. The lowest BCUT2D eigenvalue weighted by Gasteiger charge is -2.30. The van der Waals surface area contributed by atoms with Gasteiger partial charge in [-0.3, -0.25) is 4.79 Å². The molecule has 0 saturated carbocycles. The fourth-order valence-electron chi connectivity index (χ4n) is 3.28. The van der Waals surface area contributed by atoms with Gasteiger partial charge in [0.15, 0.2) is 0 Å². The largest absolute Gasteiger partial charge is 0.354 e. The van der Waals surface area contributed by atoms with Gasteiger partial charge in [-0.25, -0.2) is 4.79 Å². The van der Waals surface area contributed by atoms with Gasteiger partial charge in [0.05, 0.1) is 0 Å². The highest BCUT2D eigenvalue weighted by Crippen LogP contribution is 2.28. The Bertz CT molecular complexity index is 800. The summed E-state index contributed by atoms with van der Waals surface area (Å²) in [5.41, 5.74) is 0.927. The van der Waals surface area contributed by atoms with Crippen LogP contribution in [-0.4, -0.2) is 52.7 Å². The molecule has 0 aliphatic carbocycles. The number of nitrogens with one attached hydrogen (secondary N) is 2. The molecule has 0 bridgehead atoms. The van der Waals surface area contributed by atoms with Crippen molar-refractivity contribution in [3.8, 4) is 11.4 Å². The third-order valence-corrected chi connectivity index (χ3v) is 5.25. The van der Waals surface area contributed by atoms with Crippen LogP contribution < -0.4 is 10.6 Å². The first-order valence-corrected chi connectivity index (χ1v) is 10.3. The van der Waals surface area contributed by atoms with Crippen LogP contribution in [0.15, 0.2) is 34.9 Å². The third-order valence-electron chi connectivity index (χ3n) is 5.25. The van der Waals surface area contributed by atoms with Crippen molar-refractivity contribution in [1.29, 1.82) is 0 Å². The molecule has 0 spiro atoms. The molecule has 156 valence electrons. The summed E-state index contributed by atoms with van der Waals surface area (Å²) in [6, 6.07) is 9.76. The smallest absolute Gasteiger partial charge is 0.317 e. The lowest BCUT2D eigenvalue weighted by atomic mass is 9.97. The molecule has 1 aromatic carbocycles. The number of carbonyl (C=O) groups excluding carboxylic acids is 2. The number of benzene rings is 1. The lowest BCUT2D eigenvalue weighted by molar-refractivity contribution is -0.121. The second-order valence-electron chi connectivity index (χ2n) is 7.44. The summed E-state index contributed by atoms with van der Waals surface area (Å²) in [5.74, 6) is 1.34. The van der Waals surface area contributed by atoms with Crippen LogP contribution in [0.25, 0.3) is 11.4 Å². The molecule has 1 saturated heterocycles. The zero-order valence-corrected chi connectivity index (χ0v) is 17.1. The van der Waals surface area contributed by atoms with E-state index in [9.17, 15) is 9.59 Å². The number of hydrogen-bond donors (Lipinski definition) is 2. The van der Waals surface area contributed by atoms with Crippen LogP contribution in [0.1, 0.15) is 51.3 Å². The molecule has 3 rings (SSSR count). The maximum absolute atomic E-state index is 12.3. The molecular weight excluding hydrogens is 370 g/mol. The van der Waals surface area contributed by atoms with Gasteiger partial charge in [0.1, 0.15) is 0 Å². The van der Waals surface area contributed by atoms with Gasteiger partial charge >= 0.3 is 6.03 Å². The molecule has 0 radical (unpaired) electrons. The van der Waals surface area contributed by atoms with Crippen molar-refractivity contribution in [3.63, 3.8) is 0 Å². The summed E-state index contributed by atoms with van der Waals surface area (Å²) in [4.78, 5) is 30.4. The Morgan fingerprint density at radius 2 is 1.97 bits per heavy atom. The zero-order chi connectivity index (χ0) is 20.6. The van der Waals surface area contributed by atoms with Gasteiger partial charge in [0, 0.05) is 43.6 Å². The molecule has 1 atom stereocenters. The third kappa shape index (κ3) is 5.79. The predicted octanol–water partition coefficient (Wildman–Crippen LogP) is 2.93. The Morgan fingerprint density at radius 3 is 2.66 bits per heavy atom. The van der Waals surface area contributed by atoms with Crippen molar-refractivity contribution in [3.05, 3.63) is 36.2 Å². The highest BCUT2D eigenvalue weighted by Gasteiger charge is 2.27. The second-order valence-corrected chi connectivity index (χ2v) is 7.44. The molecule has 2 heterocycles. The van der Waals surface area contributed by atoms with E-state index in [-0.39, 0.29) is 30.3 Å². The van der Waals surface area contributed by atoms with E-state index in [1.165, 1.54) is 0 Å². The van der Waals surface area contributed by atoms with Crippen molar-refractivity contribution >= 4 is 11.9 Å². The molecule has 8 nitrogen and oxygen atoms in total. The van der Waals surface area contributed by atoms with Gasteiger partial charge in [0.2, 0.25) is 17.6 Å². The van der Waals surface area contributed by atoms with E-state index in [1.807, 2.05) is 44.2 Å². The van der Waals surface area contributed by atoms with Crippen LogP contribution in [0.4, 0.5) is 4.79 Å². The molecular formula is C21H29N5O3. The summed E-state index contributed by atoms with van der Waals surface area (Å²) in [6.45, 7) is 5.57. The number of likely N-dealkylation sites (tertiary alicyclic amines) is 1. The van der Waals surface area contributed by atoms with Crippen molar-refractivity contribution in [1.82, 2.24) is 25.7 Å². The number of hydrogen-bond acceptors (Lipinski definition) is 5. The Balaban J connectivity index is 1.42. The topological polar surface area (TPSA) is 100 Å². The highest BCUT2D eigenvalue weighted by molar-refractivity contribution is 5.78. The summed E-state index contributed by atoms with van der Waals surface area (Å²) >= 11 is 0. The van der Waals surface area contributed by atoms with Crippen molar-refractivity contribution < 1.29 is 14.1 Å². The minimum atomic E-state index is -0.129. The van der Waals surface area contributed by atoms with Gasteiger partial charge in [-0.1, -0.05) is 42.4 Å². The maximum Gasteiger partial charge on any atom is 0.317 e. The molecule has 2 aromatic rings. The van der Waals surface area contributed by atoms with Gasteiger partial charge in [-0.05, 0) is 26.2 Å². The minimum absolute atomic E-state index is 0.0380. The molecule has 29 heavy (non-hydrogen) atoms. The number of aromatic nitrogens is 2. The van der Waals surface area contributed by atoms with E-state index in [4.69, 9.17) is 4.52 Å². The van der Waals surface area contributed by atoms with Crippen LogP contribution in [0.3, 0.4) is 0 Å². The first-order chi connectivity index (χ1) is 14.1. The molecule has 1 aromatic heterocycles. The van der Waals surface area contributed by atoms with Crippen LogP contribution in [0, 0.1) is 0 Å². The SMILES string of the molecule is CCC(C)NC(=O)CCNC(=O)N1CCC(c2nc(-c3ccccc3)no2)CC1. The Labute approximate surface area is 171 Å². The molecule has 1 aliphatic rings. The van der Waals surface area contributed by atoms with Crippen LogP contribution in [0.5, 0.6) is 0 Å². The van der Waals surface area contributed by atoms with E-state index in [0.29, 0.717) is 31.3 Å². The van der Waals surface area contributed by atoms with Crippen molar-refractivity contribution in [2.75, 3.05) is 19.6 Å². The molecule has 2 N–H and O–H groups in total. The Hall–Kier alpha value is -2.90. The van der Waals surface area contributed by atoms with Gasteiger partial charge in [-0.2, -0.15) is 4.98 Å². The lowest BCUT2D eigenvalue weighted by Crippen LogP contribution is -2.45. The van der Waals surface area contributed by atoms with Crippen LogP contribution in [-0.2, 0) is 4.79 Å².